The molecular weight excluding hydrogens is 464 g/mol. The van der Waals surface area contributed by atoms with Crippen molar-refractivity contribution in [3.05, 3.63) is 36.4 Å². The van der Waals surface area contributed by atoms with Crippen molar-refractivity contribution in [3.63, 3.8) is 0 Å². The SMILES string of the molecule is CCCCC(=O)Oc1ccccc1N1CCN(CC(O)COc2cc(OC)c(OC)c(OC)c2)CC1. The Bertz CT molecular complexity index is 951. The number of rotatable bonds is 13. The molecule has 2 aromatic carbocycles. The minimum atomic E-state index is -0.664. The molecule has 1 N–H and O–H groups in total. The van der Waals surface area contributed by atoms with Gasteiger partial charge in [0.2, 0.25) is 5.75 Å². The molecule has 0 amide bonds. The maximum atomic E-state index is 12.1. The van der Waals surface area contributed by atoms with Crippen molar-refractivity contribution in [3.8, 4) is 28.7 Å². The summed E-state index contributed by atoms with van der Waals surface area (Å²) in [6, 6.07) is 11.1. The van der Waals surface area contributed by atoms with Gasteiger partial charge < -0.3 is 33.7 Å². The molecule has 2 aromatic rings. The normalized spacial score (nSPS) is 14.8. The highest BCUT2D eigenvalue weighted by atomic mass is 16.5. The van der Waals surface area contributed by atoms with E-state index >= 15 is 0 Å². The van der Waals surface area contributed by atoms with Gasteiger partial charge in [-0.3, -0.25) is 9.69 Å². The molecule has 1 fully saturated rings. The molecule has 198 valence electrons. The fourth-order valence-corrected chi connectivity index (χ4v) is 4.15. The van der Waals surface area contributed by atoms with E-state index < -0.39 is 6.10 Å². The summed E-state index contributed by atoms with van der Waals surface area (Å²) in [6.45, 7) is 5.77. The molecule has 1 unspecified atom stereocenters. The van der Waals surface area contributed by atoms with E-state index in [1.54, 1.807) is 33.5 Å². The van der Waals surface area contributed by atoms with Crippen LogP contribution in [0.5, 0.6) is 28.7 Å². The Morgan fingerprint density at radius 2 is 1.64 bits per heavy atom. The average molecular weight is 503 g/mol. The Balaban J connectivity index is 1.50. The number of nitrogens with zero attached hydrogens (tertiary/aromatic N) is 2. The fraction of sp³-hybridized carbons (Fsp3) is 0.519. The van der Waals surface area contributed by atoms with E-state index in [1.165, 1.54) is 0 Å². The molecule has 1 atom stereocenters. The highest BCUT2D eigenvalue weighted by molar-refractivity contribution is 5.75. The molecule has 9 nitrogen and oxygen atoms in total. The molecule has 0 aromatic heterocycles. The molecular formula is C27H38N2O7. The van der Waals surface area contributed by atoms with Crippen molar-refractivity contribution in [1.82, 2.24) is 4.90 Å². The van der Waals surface area contributed by atoms with Crippen LogP contribution in [-0.4, -0.2) is 82.7 Å². The van der Waals surface area contributed by atoms with Gasteiger partial charge in [-0.15, -0.1) is 0 Å². The molecule has 0 spiro atoms. The Hall–Kier alpha value is -3.17. The van der Waals surface area contributed by atoms with Crippen molar-refractivity contribution in [2.45, 2.75) is 32.3 Å². The average Bonchev–Trinajstić information content (AvgIpc) is 2.90. The lowest BCUT2D eigenvalue weighted by molar-refractivity contribution is -0.134. The molecule has 1 aliphatic rings. The lowest BCUT2D eigenvalue weighted by Crippen LogP contribution is -2.49. The third-order valence-electron chi connectivity index (χ3n) is 6.09. The number of hydrogen-bond acceptors (Lipinski definition) is 9. The summed E-state index contributed by atoms with van der Waals surface area (Å²) in [5.41, 5.74) is 0.924. The topological polar surface area (TPSA) is 89.9 Å². The molecule has 0 radical (unpaired) electrons. The zero-order valence-electron chi connectivity index (χ0n) is 21.7. The summed E-state index contributed by atoms with van der Waals surface area (Å²) < 4.78 is 27.5. The summed E-state index contributed by atoms with van der Waals surface area (Å²) in [5.74, 6) is 2.41. The molecule has 0 saturated carbocycles. The third-order valence-corrected chi connectivity index (χ3v) is 6.09. The van der Waals surface area contributed by atoms with Crippen LogP contribution < -0.4 is 28.6 Å². The van der Waals surface area contributed by atoms with E-state index in [0.717, 1.165) is 44.7 Å². The summed E-state index contributed by atoms with van der Waals surface area (Å²) in [7, 11) is 4.64. The number of methoxy groups -OCH3 is 3. The second-order valence-corrected chi connectivity index (χ2v) is 8.66. The zero-order chi connectivity index (χ0) is 25.9. The van der Waals surface area contributed by atoms with Crippen LogP contribution in [0.1, 0.15) is 26.2 Å². The minimum Gasteiger partial charge on any atom is -0.493 e. The lowest BCUT2D eigenvalue weighted by atomic mass is 10.2. The first-order valence-electron chi connectivity index (χ1n) is 12.4. The lowest BCUT2D eigenvalue weighted by Gasteiger charge is -2.37. The number of para-hydroxylation sites is 2. The van der Waals surface area contributed by atoms with Crippen LogP contribution in [-0.2, 0) is 4.79 Å². The Morgan fingerprint density at radius 3 is 2.25 bits per heavy atom. The van der Waals surface area contributed by atoms with Gasteiger partial charge in [-0.1, -0.05) is 25.5 Å². The van der Waals surface area contributed by atoms with Crippen LogP contribution in [0.4, 0.5) is 5.69 Å². The molecule has 3 rings (SSSR count). The quantitative estimate of drug-likeness (QED) is 0.327. The number of benzene rings is 2. The number of carbonyl (C=O) groups excluding carboxylic acids is 1. The van der Waals surface area contributed by atoms with Crippen molar-refractivity contribution in [2.24, 2.45) is 0 Å². The third kappa shape index (κ3) is 7.41. The van der Waals surface area contributed by atoms with Crippen LogP contribution in [0.3, 0.4) is 0 Å². The van der Waals surface area contributed by atoms with Gasteiger partial charge in [-0.2, -0.15) is 0 Å². The van der Waals surface area contributed by atoms with Gasteiger partial charge in [0.05, 0.1) is 27.0 Å². The fourth-order valence-electron chi connectivity index (χ4n) is 4.15. The highest BCUT2D eigenvalue weighted by Crippen LogP contribution is 2.40. The van der Waals surface area contributed by atoms with Gasteiger partial charge in [0.1, 0.15) is 18.5 Å². The van der Waals surface area contributed by atoms with E-state index in [0.29, 0.717) is 41.7 Å². The molecule has 1 saturated heterocycles. The van der Waals surface area contributed by atoms with Crippen LogP contribution in [0.2, 0.25) is 0 Å². The first-order chi connectivity index (χ1) is 17.5. The molecule has 9 heteroatoms. The van der Waals surface area contributed by atoms with Crippen LogP contribution >= 0.6 is 0 Å². The second kappa shape index (κ2) is 13.8. The van der Waals surface area contributed by atoms with Gasteiger partial charge in [-0.25, -0.2) is 0 Å². The number of hydrogen-bond donors (Lipinski definition) is 1. The van der Waals surface area contributed by atoms with E-state index in [-0.39, 0.29) is 12.6 Å². The van der Waals surface area contributed by atoms with Crippen LogP contribution in [0, 0.1) is 0 Å². The number of carbonyl (C=O) groups is 1. The smallest absolute Gasteiger partial charge is 0.311 e. The number of anilines is 1. The molecule has 36 heavy (non-hydrogen) atoms. The highest BCUT2D eigenvalue weighted by Gasteiger charge is 2.23. The Morgan fingerprint density at radius 1 is 0.972 bits per heavy atom. The number of aliphatic hydroxyl groups excluding tert-OH is 1. The monoisotopic (exact) mass is 502 g/mol. The van der Waals surface area contributed by atoms with E-state index in [2.05, 4.69) is 16.7 Å². The van der Waals surface area contributed by atoms with Gasteiger partial charge in [-0.05, 0) is 18.6 Å². The van der Waals surface area contributed by atoms with E-state index in [1.807, 2.05) is 24.3 Å². The summed E-state index contributed by atoms with van der Waals surface area (Å²) in [4.78, 5) is 16.6. The largest absolute Gasteiger partial charge is 0.493 e. The van der Waals surface area contributed by atoms with E-state index in [4.69, 9.17) is 23.7 Å². The maximum Gasteiger partial charge on any atom is 0.311 e. The predicted octanol–water partition coefficient (Wildman–Crippen LogP) is 3.37. The number of aliphatic hydroxyl groups is 1. The van der Waals surface area contributed by atoms with Crippen molar-refractivity contribution >= 4 is 11.7 Å². The standard InChI is InChI=1S/C27H38N2O7/c1-5-6-11-26(31)36-23-10-8-7-9-22(23)29-14-12-28(13-15-29)18-20(30)19-35-21-16-24(32-2)27(34-4)25(17-21)33-3/h7-10,16-17,20,30H,5-6,11-15,18-19H2,1-4H3. The minimum absolute atomic E-state index is 0.134. The van der Waals surface area contributed by atoms with Crippen molar-refractivity contribution < 1.29 is 33.6 Å². The molecule has 0 bridgehead atoms. The van der Waals surface area contributed by atoms with Crippen LogP contribution in [0.25, 0.3) is 0 Å². The Labute approximate surface area is 213 Å². The first-order valence-corrected chi connectivity index (χ1v) is 12.4. The second-order valence-electron chi connectivity index (χ2n) is 8.66. The molecule has 1 aliphatic heterocycles. The summed E-state index contributed by atoms with van der Waals surface area (Å²) >= 11 is 0. The number of piperazine rings is 1. The maximum absolute atomic E-state index is 12.1. The number of esters is 1. The van der Waals surface area contributed by atoms with Crippen LogP contribution in [0.15, 0.2) is 36.4 Å². The Kier molecular flexibility index (Phi) is 10.5. The number of β-amino-alcohol motifs (C(OH)–C–C–N with tert-alkyl or cyclic N) is 1. The number of unbranched alkanes of at least 4 members (excludes halogenated alkanes) is 1. The predicted molar refractivity (Wildman–Crippen MR) is 138 cm³/mol. The van der Waals surface area contributed by atoms with Gasteiger partial charge in [0, 0.05) is 51.3 Å². The van der Waals surface area contributed by atoms with E-state index in [9.17, 15) is 9.90 Å². The number of ether oxygens (including phenoxy) is 5. The van der Waals surface area contributed by atoms with Gasteiger partial charge in [0.15, 0.2) is 17.2 Å². The zero-order valence-corrected chi connectivity index (χ0v) is 21.7. The summed E-state index contributed by atoms with van der Waals surface area (Å²) in [6.07, 6.45) is 1.54. The van der Waals surface area contributed by atoms with Crippen molar-refractivity contribution in [1.29, 1.82) is 0 Å². The molecule has 1 heterocycles. The molecule has 0 aliphatic carbocycles. The van der Waals surface area contributed by atoms with Gasteiger partial charge >= 0.3 is 5.97 Å². The first kappa shape index (κ1) is 27.4. The van der Waals surface area contributed by atoms with Gasteiger partial charge in [0.25, 0.3) is 0 Å². The summed E-state index contributed by atoms with van der Waals surface area (Å²) in [5, 5.41) is 10.6. The van der Waals surface area contributed by atoms with Crippen molar-refractivity contribution in [2.75, 3.05) is 65.6 Å².